The van der Waals surface area contributed by atoms with E-state index in [1.807, 2.05) is 12.1 Å². The number of hydrogen-bond donors (Lipinski definition) is 3. The second-order valence-corrected chi connectivity index (χ2v) is 11.6. The average Bonchev–Trinajstić information content (AvgIpc) is 3.01. The average molecular weight is 586 g/mol. The zero-order chi connectivity index (χ0) is 31.2. The second-order valence-electron chi connectivity index (χ2n) is 11.6. The van der Waals surface area contributed by atoms with Crippen molar-refractivity contribution in [2.45, 2.75) is 77.7 Å². The maximum absolute atomic E-state index is 12.7. The number of carbonyl (C=O) groups is 4. The normalized spacial score (nSPS) is 11.7. The molecule has 3 N–H and O–H groups in total. The van der Waals surface area contributed by atoms with Gasteiger partial charge in [-0.2, -0.15) is 0 Å². The van der Waals surface area contributed by atoms with Gasteiger partial charge in [0.25, 0.3) is 17.7 Å². The van der Waals surface area contributed by atoms with Crippen LogP contribution in [0.3, 0.4) is 0 Å². The van der Waals surface area contributed by atoms with Crippen LogP contribution in [0.2, 0.25) is 0 Å². The van der Waals surface area contributed by atoms with E-state index in [1.54, 1.807) is 60.7 Å². The molecule has 0 fully saturated rings. The Hall–Kier alpha value is -4.46. The predicted molar refractivity (Wildman–Crippen MR) is 168 cm³/mol. The Balaban J connectivity index is 1.45. The van der Waals surface area contributed by atoms with Crippen LogP contribution in [-0.2, 0) is 16.6 Å². The van der Waals surface area contributed by atoms with Gasteiger partial charge in [-0.15, -0.1) is 0 Å². The predicted octanol–water partition coefficient (Wildman–Crippen LogP) is 5.95. The molecule has 0 saturated heterocycles. The molecule has 0 heterocycles. The summed E-state index contributed by atoms with van der Waals surface area (Å²) >= 11 is 0. The fourth-order valence-corrected chi connectivity index (χ4v) is 4.41. The maximum Gasteiger partial charge on any atom is 0.269 e. The van der Waals surface area contributed by atoms with Crippen molar-refractivity contribution < 1.29 is 23.9 Å². The molecule has 1 atom stereocenters. The highest BCUT2D eigenvalue weighted by Gasteiger charge is 2.17. The highest BCUT2D eigenvalue weighted by atomic mass is 16.5. The van der Waals surface area contributed by atoms with Gasteiger partial charge in [0.05, 0.1) is 12.6 Å². The van der Waals surface area contributed by atoms with Crippen LogP contribution in [0.15, 0.2) is 72.8 Å². The summed E-state index contributed by atoms with van der Waals surface area (Å²) in [5, 5.41) is 2.76. The minimum absolute atomic E-state index is 0.0241. The third-order valence-electron chi connectivity index (χ3n) is 7.09. The molecular weight excluding hydrogens is 542 g/mol. The first-order valence-electron chi connectivity index (χ1n) is 14.9. The van der Waals surface area contributed by atoms with Crippen molar-refractivity contribution >= 4 is 24.0 Å². The summed E-state index contributed by atoms with van der Waals surface area (Å²) < 4.78 is 5.73. The Morgan fingerprint density at radius 3 is 1.77 bits per heavy atom. The van der Waals surface area contributed by atoms with Crippen LogP contribution in [0, 0.1) is 0 Å². The molecule has 0 aliphatic carbocycles. The van der Waals surface area contributed by atoms with Crippen molar-refractivity contribution in [3.8, 4) is 5.75 Å². The highest BCUT2D eigenvalue weighted by Crippen LogP contribution is 2.22. The third-order valence-corrected chi connectivity index (χ3v) is 7.09. The van der Waals surface area contributed by atoms with Gasteiger partial charge in [0.2, 0.25) is 0 Å². The number of amides is 3. The first-order chi connectivity index (χ1) is 20.6. The fraction of sp³-hybridized carbons (Fsp3) is 0.371. The van der Waals surface area contributed by atoms with Crippen LogP contribution < -0.4 is 20.9 Å². The first kappa shape index (κ1) is 33.0. The number of unbranched alkanes of at least 4 members (excludes halogenated alkanes) is 4. The van der Waals surface area contributed by atoms with Gasteiger partial charge in [-0.1, -0.05) is 77.6 Å². The molecule has 0 radical (unpaired) electrons. The number of rotatable bonds is 14. The van der Waals surface area contributed by atoms with E-state index in [0.717, 1.165) is 24.0 Å². The number of carbonyl (C=O) groups excluding carboxylic acids is 4. The summed E-state index contributed by atoms with van der Waals surface area (Å²) in [4.78, 5) is 49.4. The molecule has 8 heteroatoms. The second kappa shape index (κ2) is 16.2. The Labute approximate surface area is 254 Å². The van der Waals surface area contributed by atoms with Crippen LogP contribution in [0.1, 0.15) is 102 Å². The van der Waals surface area contributed by atoms with Crippen LogP contribution in [-0.4, -0.2) is 36.7 Å². The lowest BCUT2D eigenvalue weighted by Crippen LogP contribution is -2.41. The summed E-state index contributed by atoms with van der Waals surface area (Å²) in [5.41, 5.74) is 7.89. The fourth-order valence-electron chi connectivity index (χ4n) is 4.41. The van der Waals surface area contributed by atoms with E-state index in [0.29, 0.717) is 35.3 Å². The van der Waals surface area contributed by atoms with Gasteiger partial charge in [-0.25, -0.2) is 0 Å². The zero-order valence-corrected chi connectivity index (χ0v) is 25.6. The molecule has 0 saturated carbocycles. The van der Waals surface area contributed by atoms with Crippen molar-refractivity contribution in [2.24, 2.45) is 0 Å². The van der Waals surface area contributed by atoms with Gasteiger partial charge in [0, 0.05) is 16.7 Å². The third kappa shape index (κ3) is 10.7. The molecule has 0 spiro atoms. The molecule has 1 unspecified atom stereocenters. The van der Waals surface area contributed by atoms with E-state index in [2.05, 4.69) is 43.9 Å². The van der Waals surface area contributed by atoms with Crippen molar-refractivity contribution in [1.29, 1.82) is 0 Å². The molecular formula is C35H43N3O5. The molecule has 3 aromatic carbocycles. The number of hydrogen-bond acceptors (Lipinski definition) is 5. The lowest BCUT2D eigenvalue weighted by molar-refractivity contribution is -0.109. The number of aldehydes is 1. The Kier molecular flexibility index (Phi) is 12.5. The maximum atomic E-state index is 12.7. The summed E-state index contributed by atoms with van der Waals surface area (Å²) in [6.45, 7) is 9.12. The van der Waals surface area contributed by atoms with Crippen LogP contribution >= 0.6 is 0 Å². The van der Waals surface area contributed by atoms with Crippen molar-refractivity contribution in [3.05, 3.63) is 101 Å². The van der Waals surface area contributed by atoms with Gasteiger partial charge in [0.15, 0.2) is 0 Å². The number of hydrazine groups is 1. The molecule has 43 heavy (non-hydrogen) atoms. The number of benzene rings is 3. The van der Waals surface area contributed by atoms with Gasteiger partial charge in [-0.05, 0) is 77.9 Å². The van der Waals surface area contributed by atoms with Gasteiger partial charge in [-0.3, -0.25) is 25.2 Å². The molecule has 3 rings (SSSR count). The van der Waals surface area contributed by atoms with Gasteiger partial charge < -0.3 is 14.8 Å². The van der Waals surface area contributed by atoms with Crippen molar-refractivity contribution in [2.75, 3.05) is 6.61 Å². The lowest BCUT2D eigenvalue weighted by atomic mass is 9.86. The van der Waals surface area contributed by atoms with Crippen molar-refractivity contribution in [1.82, 2.24) is 16.2 Å². The molecule has 0 aromatic heterocycles. The Morgan fingerprint density at radius 1 is 0.721 bits per heavy atom. The first-order valence-corrected chi connectivity index (χ1v) is 14.9. The Bertz CT molecular complexity index is 1340. The minimum Gasteiger partial charge on any atom is -0.494 e. The monoisotopic (exact) mass is 585 g/mol. The van der Waals surface area contributed by atoms with Gasteiger partial charge >= 0.3 is 0 Å². The summed E-state index contributed by atoms with van der Waals surface area (Å²) in [6.07, 6.45) is 6.76. The SMILES string of the molecule is CCCCCCCOc1ccc(C(=O)NNC(=O)c2ccc(CC(C=O)NC(=O)c3ccc(C(C)(C)C)cc3)cc2)cc1. The van der Waals surface area contributed by atoms with E-state index in [9.17, 15) is 19.2 Å². The largest absolute Gasteiger partial charge is 0.494 e. The quantitative estimate of drug-likeness (QED) is 0.123. The standard InChI is InChI=1S/C35H43N3O5/c1-5-6-7-8-9-22-43-31-20-16-28(17-21-31)34(42)38-37-33(41)27-12-10-25(11-13-27)23-30(24-39)36-32(40)26-14-18-29(19-15-26)35(2,3)4/h10-21,24,30H,5-9,22-23H2,1-4H3,(H,36,40)(H,37,41)(H,38,42). The molecule has 0 bridgehead atoms. The van der Waals surface area contributed by atoms with Crippen LogP contribution in [0.5, 0.6) is 5.75 Å². The lowest BCUT2D eigenvalue weighted by Gasteiger charge is -2.19. The van der Waals surface area contributed by atoms with Crippen LogP contribution in [0.25, 0.3) is 0 Å². The zero-order valence-electron chi connectivity index (χ0n) is 25.6. The molecule has 0 aliphatic heterocycles. The van der Waals surface area contributed by atoms with E-state index in [1.165, 1.54) is 19.3 Å². The molecule has 228 valence electrons. The molecule has 3 aromatic rings. The summed E-state index contributed by atoms with van der Waals surface area (Å²) in [7, 11) is 0. The minimum atomic E-state index is -0.726. The molecule has 0 aliphatic rings. The smallest absolute Gasteiger partial charge is 0.269 e. The summed E-state index contributed by atoms with van der Waals surface area (Å²) in [6, 6.07) is 20.0. The molecule has 3 amide bonds. The van der Waals surface area contributed by atoms with E-state index < -0.39 is 17.9 Å². The van der Waals surface area contributed by atoms with E-state index in [-0.39, 0.29) is 17.7 Å². The Morgan fingerprint density at radius 2 is 1.23 bits per heavy atom. The topological polar surface area (TPSA) is 114 Å². The number of ether oxygens (including phenoxy) is 1. The summed E-state index contributed by atoms with van der Waals surface area (Å²) in [5.74, 6) is -0.567. The number of nitrogens with one attached hydrogen (secondary N) is 3. The van der Waals surface area contributed by atoms with Crippen molar-refractivity contribution in [3.63, 3.8) is 0 Å². The highest BCUT2D eigenvalue weighted by molar-refractivity contribution is 5.99. The van der Waals surface area contributed by atoms with Gasteiger partial charge in [0.1, 0.15) is 12.0 Å². The van der Waals surface area contributed by atoms with E-state index in [4.69, 9.17) is 4.74 Å². The van der Waals surface area contributed by atoms with Crippen LogP contribution in [0.4, 0.5) is 0 Å². The van der Waals surface area contributed by atoms with E-state index >= 15 is 0 Å². The molecule has 8 nitrogen and oxygen atoms in total.